The van der Waals surface area contributed by atoms with Crippen LogP contribution in [-0.4, -0.2) is 23.2 Å². The Balaban J connectivity index is 1.87. The molecule has 3 aromatic rings. The van der Waals surface area contributed by atoms with E-state index in [1.807, 2.05) is 42.5 Å². The van der Waals surface area contributed by atoms with Gasteiger partial charge in [0.1, 0.15) is 19.0 Å². The van der Waals surface area contributed by atoms with Crippen LogP contribution in [0.4, 0.5) is 0 Å². The first kappa shape index (κ1) is 10.4. The molecule has 0 aliphatic carbocycles. The van der Waals surface area contributed by atoms with E-state index in [4.69, 9.17) is 9.47 Å². The zero-order valence-corrected chi connectivity index (χ0v) is 10.2. The molecule has 0 fully saturated rings. The maximum Gasteiger partial charge on any atom is 0.163 e. The van der Waals surface area contributed by atoms with E-state index in [0.717, 1.165) is 33.9 Å². The van der Waals surface area contributed by atoms with Crippen LogP contribution >= 0.6 is 0 Å². The summed E-state index contributed by atoms with van der Waals surface area (Å²) in [4.78, 5) is 7.92. The maximum atomic E-state index is 5.57. The molecule has 0 bridgehead atoms. The number of nitrogens with zero attached hydrogens (tertiary/aromatic N) is 1. The van der Waals surface area contributed by atoms with Crippen LogP contribution in [-0.2, 0) is 0 Å². The Morgan fingerprint density at radius 3 is 2.47 bits per heavy atom. The fraction of sp³-hybridized carbons (Fsp3) is 0.133. The van der Waals surface area contributed by atoms with E-state index >= 15 is 0 Å². The first-order valence-corrected chi connectivity index (χ1v) is 6.25. The van der Waals surface area contributed by atoms with Crippen molar-refractivity contribution in [2.75, 3.05) is 13.2 Å². The van der Waals surface area contributed by atoms with Crippen LogP contribution in [0.5, 0.6) is 11.5 Å². The molecular weight excluding hydrogens is 240 g/mol. The molecule has 4 nitrogen and oxygen atoms in total. The van der Waals surface area contributed by atoms with Crippen molar-refractivity contribution in [3.63, 3.8) is 0 Å². The first-order valence-electron chi connectivity index (χ1n) is 6.25. The Hall–Kier alpha value is -2.49. The number of aromatic nitrogens is 2. The fourth-order valence-corrected chi connectivity index (χ4v) is 2.28. The number of ether oxygens (including phenoxy) is 2. The Morgan fingerprint density at radius 1 is 0.947 bits per heavy atom. The summed E-state index contributed by atoms with van der Waals surface area (Å²) in [6, 6.07) is 13.9. The molecule has 1 aliphatic heterocycles. The number of fused-ring (bicyclic) bond motifs is 2. The van der Waals surface area contributed by atoms with Gasteiger partial charge in [-0.25, -0.2) is 4.98 Å². The highest BCUT2D eigenvalue weighted by Crippen LogP contribution is 2.34. The molecule has 0 saturated carbocycles. The van der Waals surface area contributed by atoms with Crippen molar-refractivity contribution >= 4 is 11.0 Å². The van der Waals surface area contributed by atoms with Gasteiger partial charge in [0.15, 0.2) is 11.5 Å². The van der Waals surface area contributed by atoms with Gasteiger partial charge in [-0.1, -0.05) is 30.3 Å². The lowest BCUT2D eigenvalue weighted by Crippen LogP contribution is -2.15. The van der Waals surface area contributed by atoms with E-state index in [1.165, 1.54) is 0 Å². The topological polar surface area (TPSA) is 47.1 Å². The van der Waals surface area contributed by atoms with Crippen LogP contribution < -0.4 is 9.47 Å². The van der Waals surface area contributed by atoms with Crippen molar-refractivity contribution in [1.29, 1.82) is 0 Å². The Kier molecular flexibility index (Phi) is 2.21. The SMILES string of the molecule is c1ccc(-c2nc3cc4c(cc3[nH]2)OCCO4)cc1. The fourth-order valence-electron chi connectivity index (χ4n) is 2.28. The predicted molar refractivity (Wildman–Crippen MR) is 72.5 cm³/mol. The Labute approximate surface area is 110 Å². The molecule has 1 aliphatic rings. The second-order valence-corrected chi connectivity index (χ2v) is 4.46. The van der Waals surface area contributed by atoms with Crippen molar-refractivity contribution in [3.05, 3.63) is 42.5 Å². The summed E-state index contributed by atoms with van der Waals surface area (Å²) >= 11 is 0. The maximum absolute atomic E-state index is 5.57. The zero-order valence-electron chi connectivity index (χ0n) is 10.2. The molecule has 0 saturated heterocycles. The van der Waals surface area contributed by atoms with Gasteiger partial charge in [-0.3, -0.25) is 0 Å². The van der Waals surface area contributed by atoms with Crippen molar-refractivity contribution in [3.8, 4) is 22.9 Å². The second-order valence-electron chi connectivity index (χ2n) is 4.46. The van der Waals surface area contributed by atoms with E-state index < -0.39 is 0 Å². The van der Waals surface area contributed by atoms with E-state index in [0.29, 0.717) is 13.2 Å². The van der Waals surface area contributed by atoms with Crippen LogP contribution in [0.1, 0.15) is 0 Å². The minimum absolute atomic E-state index is 0.592. The molecule has 2 heterocycles. The number of nitrogens with one attached hydrogen (secondary N) is 1. The lowest BCUT2D eigenvalue weighted by Gasteiger charge is -2.17. The number of hydrogen-bond donors (Lipinski definition) is 1. The molecule has 94 valence electrons. The van der Waals surface area contributed by atoms with Crippen molar-refractivity contribution in [2.45, 2.75) is 0 Å². The van der Waals surface area contributed by atoms with E-state index in [-0.39, 0.29) is 0 Å². The molecule has 4 heteroatoms. The number of imidazole rings is 1. The van der Waals surface area contributed by atoms with Gasteiger partial charge < -0.3 is 14.5 Å². The lowest BCUT2D eigenvalue weighted by atomic mass is 10.2. The highest BCUT2D eigenvalue weighted by Gasteiger charge is 2.15. The molecule has 0 atom stereocenters. The van der Waals surface area contributed by atoms with E-state index in [9.17, 15) is 0 Å². The molecule has 0 spiro atoms. The Bertz CT molecular complexity index is 691. The molecule has 1 aromatic heterocycles. The molecule has 0 radical (unpaired) electrons. The summed E-state index contributed by atoms with van der Waals surface area (Å²) in [7, 11) is 0. The smallest absolute Gasteiger partial charge is 0.163 e. The summed E-state index contributed by atoms with van der Waals surface area (Å²) in [5.41, 5.74) is 2.92. The highest BCUT2D eigenvalue weighted by molar-refractivity contribution is 5.83. The van der Waals surface area contributed by atoms with Gasteiger partial charge in [0.25, 0.3) is 0 Å². The van der Waals surface area contributed by atoms with Crippen molar-refractivity contribution < 1.29 is 9.47 Å². The van der Waals surface area contributed by atoms with Crippen LogP contribution in [0.25, 0.3) is 22.4 Å². The van der Waals surface area contributed by atoms with Gasteiger partial charge in [-0.05, 0) is 0 Å². The second kappa shape index (κ2) is 4.02. The predicted octanol–water partition coefficient (Wildman–Crippen LogP) is 3.00. The van der Waals surface area contributed by atoms with E-state index in [1.54, 1.807) is 0 Å². The molecule has 19 heavy (non-hydrogen) atoms. The molecule has 1 N–H and O–H groups in total. The standard InChI is InChI=1S/C15H12N2O2/c1-2-4-10(5-3-1)15-16-11-8-13-14(9-12(11)17-15)19-7-6-18-13/h1-5,8-9H,6-7H2,(H,16,17). The summed E-state index contributed by atoms with van der Waals surface area (Å²) in [5, 5.41) is 0. The highest BCUT2D eigenvalue weighted by atomic mass is 16.6. The molecule has 2 aromatic carbocycles. The summed E-state index contributed by atoms with van der Waals surface area (Å²) < 4.78 is 11.1. The van der Waals surface area contributed by atoms with Gasteiger partial charge in [0.05, 0.1) is 11.0 Å². The third-order valence-corrected chi connectivity index (χ3v) is 3.19. The summed E-state index contributed by atoms with van der Waals surface area (Å²) in [5.74, 6) is 2.41. The van der Waals surface area contributed by atoms with Gasteiger partial charge in [-0.15, -0.1) is 0 Å². The average Bonchev–Trinajstić information content (AvgIpc) is 2.88. The quantitative estimate of drug-likeness (QED) is 0.724. The molecular formula is C15H12N2O2. The first-order chi connectivity index (χ1) is 9.40. The normalized spacial score (nSPS) is 13.7. The number of aromatic amines is 1. The van der Waals surface area contributed by atoms with Gasteiger partial charge in [0.2, 0.25) is 0 Å². The third kappa shape index (κ3) is 1.73. The average molecular weight is 252 g/mol. The lowest BCUT2D eigenvalue weighted by molar-refractivity contribution is 0.172. The van der Waals surface area contributed by atoms with Gasteiger partial charge in [0, 0.05) is 17.7 Å². The van der Waals surface area contributed by atoms with Gasteiger partial charge in [-0.2, -0.15) is 0 Å². The van der Waals surface area contributed by atoms with Crippen LogP contribution in [0, 0.1) is 0 Å². The molecule has 0 amide bonds. The number of benzene rings is 2. The van der Waals surface area contributed by atoms with Crippen molar-refractivity contribution in [2.24, 2.45) is 0 Å². The van der Waals surface area contributed by atoms with Crippen LogP contribution in [0.3, 0.4) is 0 Å². The molecule has 0 unspecified atom stereocenters. The van der Waals surface area contributed by atoms with Crippen LogP contribution in [0.2, 0.25) is 0 Å². The minimum Gasteiger partial charge on any atom is -0.486 e. The number of hydrogen-bond acceptors (Lipinski definition) is 3. The van der Waals surface area contributed by atoms with Crippen molar-refractivity contribution in [1.82, 2.24) is 9.97 Å². The minimum atomic E-state index is 0.592. The van der Waals surface area contributed by atoms with E-state index in [2.05, 4.69) is 9.97 Å². The summed E-state index contributed by atoms with van der Waals surface area (Å²) in [6.07, 6.45) is 0. The number of H-pyrrole nitrogens is 1. The zero-order chi connectivity index (χ0) is 12.7. The molecule has 4 rings (SSSR count). The summed E-state index contributed by atoms with van der Waals surface area (Å²) in [6.45, 7) is 1.19. The van der Waals surface area contributed by atoms with Gasteiger partial charge >= 0.3 is 0 Å². The monoisotopic (exact) mass is 252 g/mol. The Morgan fingerprint density at radius 2 is 1.68 bits per heavy atom. The number of rotatable bonds is 1. The third-order valence-electron chi connectivity index (χ3n) is 3.19. The largest absolute Gasteiger partial charge is 0.486 e. The van der Waals surface area contributed by atoms with Crippen LogP contribution in [0.15, 0.2) is 42.5 Å².